The van der Waals surface area contributed by atoms with Gasteiger partial charge in [-0.1, -0.05) is 23.5 Å². The number of nitrogens with zero attached hydrogens (tertiary/aromatic N) is 3. The van der Waals surface area contributed by atoms with Crippen LogP contribution in [0.15, 0.2) is 34.9 Å². The fourth-order valence-electron chi connectivity index (χ4n) is 3.73. The Morgan fingerprint density at radius 3 is 2.93 bits per heavy atom. The summed E-state index contributed by atoms with van der Waals surface area (Å²) in [4.78, 5) is 24.6. The molecule has 1 aromatic carbocycles. The van der Waals surface area contributed by atoms with Crippen molar-refractivity contribution in [1.82, 2.24) is 14.9 Å². The van der Waals surface area contributed by atoms with E-state index in [1.54, 1.807) is 18.3 Å². The van der Waals surface area contributed by atoms with Crippen molar-refractivity contribution >= 4 is 22.4 Å². The Bertz CT molecular complexity index is 1010. The van der Waals surface area contributed by atoms with Crippen LogP contribution in [0.5, 0.6) is 0 Å². The number of hydrogen-bond acceptors (Lipinski definition) is 6. The number of piperidine rings is 1. The van der Waals surface area contributed by atoms with Crippen molar-refractivity contribution in [3.63, 3.8) is 0 Å². The summed E-state index contributed by atoms with van der Waals surface area (Å²) in [7, 11) is 0. The number of halogens is 1. The molecule has 3 heterocycles. The highest BCUT2D eigenvalue weighted by Crippen LogP contribution is 2.30. The lowest BCUT2D eigenvalue weighted by Gasteiger charge is -2.31. The molecule has 3 aromatic rings. The number of rotatable bonds is 6. The van der Waals surface area contributed by atoms with Gasteiger partial charge in [-0.15, -0.1) is 0 Å². The van der Waals surface area contributed by atoms with Gasteiger partial charge in [0.1, 0.15) is 16.5 Å². The van der Waals surface area contributed by atoms with E-state index in [-0.39, 0.29) is 17.6 Å². The lowest BCUT2D eigenvalue weighted by molar-refractivity contribution is 0.0702. The maximum absolute atomic E-state index is 13.1. The van der Waals surface area contributed by atoms with E-state index >= 15 is 0 Å². The van der Waals surface area contributed by atoms with Gasteiger partial charge in [0.25, 0.3) is 5.91 Å². The summed E-state index contributed by atoms with van der Waals surface area (Å²) in [5.41, 5.74) is 1.73. The van der Waals surface area contributed by atoms with Crippen LogP contribution in [-0.2, 0) is 6.42 Å². The summed E-state index contributed by atoms with van der Waals surface area (Å²) < 4.78 is 19.1. The van der Waals surface area contributed by atoms with Gasteiger partial charge < -0.3 is 14.6 Å². The standard InChI is InChI=1S/C22H25FN4O2S/c1-3-24-22-26-14(2)19(30-22)21(28)27-10-4-5-16(13-27)20-25-12-18(29-20)11-15-6-8-17(23)9-7-15/h6-9,12,16H,3-5,10-11,13H2,1-2H3,(H,24,26)/t16-/m1/s1. The van der Waals surface area contributed by atoms with Gasteiger partial charge in [0.15, 0.2) is 11.0 Å². The predicted octanol–water partition coefficient (Wildman–Crippen LogP) is 4.62. The molecule has 158 valence electrons. The number of aryl methyl sites for hydroxylation is 1. The Labute approximate surface area is 179 Å². The van der Waals surface area contributed by atoms with Crippen LogP contribution in [0.3, 0.4) is 0 Å². The number of likely N-dealkylation sites (tertiary alicyclic amines) is 1. The highest BCUT2D eigenvalue weighted by molar-refractivity contribution is 7.17. The predicted molar refractivity (Wildman–Crippen MR) is 115 cm³/mol. The van der Waals surface area contributed by atoms with Gasteiger partial charge in [0.2, 0.25) is 0 Å². The van der Waals surface area contributed by atoms with Crippen LogP contribution in [0.1, 0.15) is 58.3 Å². The van der Waals surface area contributed by atoms with Gasteiger partial charge in [-0.25, -0.2) is 14.4 Å². The van der Waals surface area contributed by atoms with Crippen LogP contribution in [0, 0.1) is 12.7 Å². The summed E-state index contributed by atoms with van der Waals surface area (Å²) in [5, 5.41) is 3.96. The molecular weight excluding hydrogens is 403 g/mol. The number of carbonyl (C=O) groups is 1. The SMILES string of the molecule is CCNc1nc(C)c(C(=O)N2CCC[C@@H](c3ncc(Cc4ccc(F)cc4)o3)C2)s1. The van der Waals surface area contributed by atoms with E-state index in [0.717, 1.165) is 48.1 Å². The Hall–Kier alpha value is -2.74. The van der Waals surface area contributed by atoms with Crippen molar-refractivity contribution in [2.45, 2.75) is 39.0 Å². The molecule has 0 radical (unpaired) electrons. The molecule has 1 saturated heterocycles. The summed E-state index contributed by atoms with van der Waals surface area (Å²) in [5.74, 6) is 1.26. The van der Waals surface area contributed by atoms with E-state index in [9.17, 15) is 9.18 Å². The molecule has 30 heavy (non-hydrogen) atoms. The number of amides is 1. The summed E-state index contributed by atoms with van der Waals surface area (Å²) in [6.07, 6.45) is 4.14. The van der Waals surface area contributed by atoms with E-state index < -0.39 is 0 Å². The number of oxazole rings is 1. The van der Waals surface area contributed by atoms with E-state index in [0.29, 0.717) is 23.7 Å². The molecule has 1 N–H and O–H groups in total. The number of carbonyl (C=O) groups excluding carboxylic acids is 1. The third kappa shape index (κ3) is 4.53. The summed E-state index contributed by atoms with van der Waals surface area (Å²) in [6, 6.07) is 6.38. The van der Waals surface area contributed by atoms with E-state index in [2.05, 4.69) is 15.3 Å². The molecule has 2 aromatic heterocycles. The number of aromatic nitrogens is 2. The normalized spacial score (nSPS) is 16.6. The van der Waals surface area contributed by atoms with Gasteiger partial charge >= 0.3 is 0 Å². The van der Waals surface area contributed by atoms with Crippen molar-refractivity contribution in [3.05, 3.63) is 64.1 Å². The minimum Gasteiger partial charge on any atom is -0.445 e. The molecular formula is C22H25FN4O2S. The minimum atomic E-state index is -0.252. The Balaban J connectivity index is 1.43. The van der Waals surface area contributed by atoms with Crippen molar-refractivity contribution < 1.29 is 13.6 Å². The van der Waals surface area contributed by atoms with E-state index in [1.165, 1.54) is 23.5 Å². The molecule has 8 heteroatoms. The topological polar surface area (TPSA) is 71.3 Å². The van der Waals surface area contributed by atoms with Crippen LogP contribution in [0.2, 0.25) is 0 Å². The molecule has 4 rings (SSSR count). The first kappa shape index (κ1) is 20.5. The van der Waals surface area contributed by atoms with E-state index in [4.69, 9.17) is 4.42 Å². The average Bonchev–Trinajstić information content (AvgIpc) is 3.36. The van der Waals surface area contributed by atoms with Crippen LogP contribution in [0.25, 0.3) is 0 Å². The molecule has 1 aliphatic heterocycles. The first-order valence-corrected chi connectivity index (χ1v) is 11.0. The maximum Gasteiger partial charge on any atom is 0.265 e. The fourth-order valence-corrected chi connectivity index (χ4v) is 4.73. The van der Waals surface area contributed by atoms with Crippen LogP contribution >= 0.6 is 11.3 Å². The number of hydrogen-bond donors (Lipinski definition) is 1. The van der Waals surface area contributed by atoms with Gasteiger partial charge in [-0.2, -0.15) is 0 Å². The summed E-state index contributed by atoms with van der Waals surface area (Å²) in [6.45, 7) is 5.97. The van der Waals surface area contributed by atoms with Crippen molar-refractivity contribution in [2.24, 2.45) is 0 Å². The third-order valence-electron chi connectivity index (χ3n) is 5.24. The number of benzene rings is 1. The monoisotopic (exact) mass is 428 g/mol. The molecule has 0 unspecified atom stereocenters. The molecule has 0 saturated carbocycles. The van der Waals surface area contributed by atoms with Gasteiger partial charge in [0.05, 0.1) is 17.8 Å². The zero-order valence-corrected chi connectivity index (χ0v) is 18.0. The highest BCUT2D eigenvalue weighted by Gasteiger charge is 2.30. The van der Waals surface area contributed by atoms with Gasteiger partial charge in [-0.3, -0.25) is 4.79 Å². The van der Waals surface area contributed by atoms with E-state index in [1.807, 2.05) is 18.7 Å². The smallest absolute Gasteiger partial charge is 0.265 e. The molecule has 0 aliphatic carbocycles. The first-order chi connectivity index (χ1) is 14.5. The Morgan fingerprint density at radius 2 is 2.17 bits per heavy atom. The van der Waals surface area contributed by atoms with Crippen LogP contribution in [-0.4, -0.2) is 40.4 Å². The molecule has 6 nitrogen and oxygen atoms in total. The quantitative estimate of drug-likeness (QED) is 0.620. The highest BCUT2D eigenvalue weighted by atomic mass is 32.1. The second-order valence-corrected chi connectivity index (χ2v) is 8.52. The third-order valence-corrected chi connectivity index (χ3v) is 6.34. The van der Waals surface area contributed by atoms with Crippen molar-refractivity contribution in [2.75, 3.05) is 25.0 Å². The first-order valence-electron chi connectivity index (χ1n) is 10.2. The van der Waals surface area contributed by atoms with Crippen LogP contribution < -0.4 is 5.32 Å². The second-order valence-electron chi connectivity index (χ2n) is 7.52. The lowest BCUT2D eigenvalue weighted by Crippen LogP contribution is -2.39. The minimum absolute atomic E-state index is 0.0249. The zero-order chi connectivity index (χ0) is 21.1. The van der Waals surface area contributed by atoms with Crippen molar-refractivity contribution in [3.8, 4) is 0 Å². The molecule has 1 atom stereocenters. The van der Waals surface area contributed by atoms with Gasteiger partial charge in [0, 0.05) is 26.1 Å². The summed E-state index contributed by atoms with van der Waals surface area (Å²) >= 11 is 1.41. The molecule has 0 spiro atoms. The average molecular weight is 429 g/mol. The largest absolute Gasteiger partial charge is 0.445 e. The number of thiazole rings is 1. The zero-order valence-electron chi connectivity index (χ0n) is 17.2. The molecule has 1 amide bonds. The fraction of sp³-hybridized carbons (Fsp3) is 0.409. The number of nitrogens with one attached hydrogen (secondary N) is 1. The molecule has 1 fully saturated rings. The lowest BCUT2D eigenvalue weighted by atomic mass is 9.98. The molecule has 0 bridgehead atoms. The maximum atomic E-state index is 13.1. The number of anilines is 1. The Kier molecular flexibility index (Phi) is 6.13. The van der Waals surface area contributed by atoms with Gasteiger partial charge in [-0.05, 0) is 44.4 Å². The van der Waals surface area contributed by atoms with Crippen molar-refractivity contribution in [1.29, 1.82) is 0 Å². The molecule has 1 aliphatic rings. The van der Waals surface area contributed by atoms with Crippen LogP contribution in [0.4, 0.5) is 9.52 Å². The second kappa shape index (κ2) is 8.95. The Morgan fingerprint density at radius 1 is 1.37 bits per heavy atom.